The highest BCUT2D eigenvalue weighted by atomic mass is 16.3. The van der Waals surface area contributed by atoms with Crippen molar-refractivity contribution in [1.29, 1.82) is 0 Å². The molecule has 2 aliphatic carbocycles. The normalized spacial score (nSPS) is 15.0. The third kappa shape index (κ3) is 3.61. The average molecular weight is 653 g/mol. The van der Waals surface area contributed by atoms with E-state index in [0.29, 0.717) is 0 Å². The van der Waals surface area contributed by atoms with Crippen molar-refractivity contribution in [2.75, 3.05) is 0 Å². The second kappa shape index (κ2) is 9.86. The Morgan fingerprint density at radius 3 is 1.59 bits per heavy atom. The lowest BCUT2D eigenvalue weighted by Crippen LogP contribution is -2.24. The van der Waals surface area contributed by atoms with E-state index in [2.05, 4.69) is 173 Å². The van der Waals surface area contributed by atoms with Gasteiger partial charge in [-0.2, -0.15) is 0 Å². The average Bonchev–Trinajstić information content (AvgIpc) is 3.74. The van der Waals surface area contributed by atoms with Gasteiger partial charge in [-0.3, -0.25) is 0 Å². The highest BCUT2D eigenvalue weighted by molar-refractivity contribution is 6.23. The van der Waals surface area contributed by atoms with Gasteiger partial charge in [0.1, 0.15) is 11.2 Å². The molecule has 0 saturated carbocycles. The number of hydrogen-bond acceptors (Lipinski definition) is 1. The molecule has 0 bridgehead atoms. The third-order valence-corrected chi connectivity index (χ3v) is 12.2. The Kier molecular flexibility index (Phi) is 5.58. The van der Waals surface area contributed by atoms with Crippen LogP contribution in [-0.4, -0.2) is 0 Å². The highest BCUT2D eigenvalue weighted by Crippen LogP contribution is 2.63. The summed E-state index contributed by atoms with van der Waals surface area (Å²) in [6.07, 6.45) is 0. The predicted molar refractivity (Wildman–Crippen MR) is 215 cm³/mol. The first-order valence-corrected chi connectivity index (χ1v) is 18.1. The number of hydrogen-bond donors (Lipinski definition) is 0. The second-order valence-electron chi connectivity index (χ2n) is 15.6. The number of furan rings is 1. The molecule has 0 amide bonds. The van der Waals surface area contributed by atoms with Crippen LogP contribution in [0.5, 0.6) is 0 Å². The molecular weight excluding hydrogens is 617 g/mol. The third-order valence-electron chi connectivity index (χ3n) is 12.2. The molecule has 1 aromatic heterocycles. The fourth-order valence-corrected chi connectivity index (χ4v) is 10.0. The fraction of sp³-hybridized carbons (Fsp3) is 0.120. The Morgan fingerprint density at radius 1 is 0.392 bits per heavy atom. The van der Waals surface area contributed by atoms with Crippen LogP contribution in [0.4, 0.5) is 0 Å². The molecule has 0 unspecified atom stereocenters. The van der Waals surface area contributed by atoms with Gasteiger partial charge >= 0.3 is 0 Å². The summed E-state index contributed by atoms with van der Waals surface area (Å²) in [6, 6.07) is 53.7. The summed E-state index contributed by atoms with van der Waals surface area (Å²) in [7, 11) is 0. The Balaban J connectivity index is 1.24. The molecule has 1 heterocycles. The second-order valence-corrected chi connectivity index (χ2v) is 15.6. The van der Waals surface area contributed by atoms with Crippen LogP contribution in [0.1, 0.15) is 49.9 Å². The lowest BCUT2D eigenvalue weighted by atomic mass is 9.72. The van der Waals surface area contributed by atoms with Gasteiger partial charge in [0.2, 0.25) is 0 Å². The van der Waals surface area contributed by atoms with Gasteiger partial charge in [-0.05, 0) is 94.9 Å². The lowest BCUT2D eigenvalue weighted by molar-refractivity contribution is 0.600. The van der Waals surface area contributed by atoms with Crippen LogP contribution >= 0.6 is 0 Å². The zero-order valence-corrected chi connectivity index (χ0v) is 29.3. The first-order chi connectivity index (χ1) is 24.9. The van der Waals surface area contributed by atoms with E-state index in [1.165, 1.54) is 99.1 Å². The van der Waals surface area contributed by atoms with Gasteiger partial charge in [0.25, 0.3) is 0 Å². The van der Waals surface area contributed by atoms with E-state index in [-0.39, 0.29) is 10.8 Å². The van der Waals surface area contributed by atoms with Gasteiger partial charge in [0.15, 0.2) is 0 Å². The van der Waals surface area contributed by atoms with Crippen molar-refractivity contribution in [2.45, 2.75) is 38.5 Å². The Hall–Kier alpha value is -5.92. The molecule has 0 saturated heterocycles. The van der Waals surface area contributed by atoms with Gasteiger partial charge < -0.3 is 4.42 Å². The summed E-state index contributed by atoms with van der Waals surface area (Å²) < 4.78 is 6.89. The van der Waals surface area contributed by atoms with Gasteiger partial charge in [-0.15, -0.1) is 0 Å². The zero-order valence-electron chi connectivity index (χ0n) is 29.3. The smallest absolute Gasteiger partial charge is 0.144 e. The van der Waals surface area contributed by atoms with Gasteiger partial charge in [-0.25, -0.2) is 0 Å². The Morgan fingerprint density at radius 2 is 0.902 bits per heavy atom. The summed E-state index contributed by atoms with van der Waals surface area (Å²) in [6.45, 7) is 9.71. The maximum absolute atomic E-state index is 6.89. The van der Waals surface area contributed by atoms with Crippen molar-refractivity contribution in [1.82, 2.24) is 0 Å². The van der Waals surface area contributed by atoms with Crippen molar-refractivity contribution in [3.8, 4) is 44.5 Å². The molecule has 0 fully saturated rings. The first kappa shape index (κ1) is 28.9. The van der Waals surface area contributed by atoms with Gasteiger partial charge in [0, 0.05) is 27.2 Å². The van der Waals surface area contributed by atoms with E-state index in [9.17, 15) is 0 Å². The molecule has 242 valence electrons. The lowest BCUT2D eigenvalue weighted by Gasteiger charge is -2.31. The topological polar surface area (TPSA) is 13.1 Å². The van der Waals surface area contributed by atoms with Crippen molar-refractivity contribution in [2.24, 2.45) is 0 Å². The van der Waals surface area contributed by atoms with Crippen LogP contribution in [0.2, 0.25) is 0 Å². The van der Waals surface area contributed by atoms with E-state index in [1.54, 1.807) is 0 Å². The number of rotatable bonds is 2. The van der Waals surface area contributed by atoms with E-state index >= 15 is 0 Å². The quantitative estimate of drug-likeness (QED) is 0.169. The van der Waals surface area contributed by atoms with Crippen LogP contribution < -0.4 is 0 Å². The van der Waals surface area contributed by atoms with Crippen molar-refractivity contribution < 1.29 is 4.42 Å². The van der Waals surface area contributed by atoms with Crippen LogP contribution in [0, 0.1) is 0 Å². The van der Waals surface area contributed by atoms with Crippen LogP contribution in [-0.2, 0) is 10.8 Å². The summed E-state index contributed by atoms with van der Waals surface area (Å²) >= 11 is 0. The Bertz CT molecular complexity index is 2900. The molecule has 1 heteroatoms. The van der Waals surface area contributed by atoms with E-state index in [1.807, 2.05) is 0 Å². The van der Waals surface area contributed by atoms with E-state index in [4.69, 9.17) is 4.42 Å². The minimum absolute atomic E-state index is 0.176. The summed E-state index contributed by atoms with van der Waals surface area (Å²) in [5.41, 5.74) is 17.5. The molecule has 8 aromatic carbocycles. The fourth-order valence-electron chi connectivity index (χ4n) is 10.0. The van der Waals surface area contributed by atoms with Crippen LogP contribution in [0.3, 0.4) is 0 Å². The molecule has 0 atom stereocenters. The highest BCUT2D eigenvalue weighted by Gasteiger charge is 2.48. The van der Waals surface area contributed by atoms with Crippen LogP contribution in [0.25, 0.3) is 88.0 Å². The van der Waals surface area contributed by atoms with Gasteiger partial charge in [0.05, 0.1) is 0 Å². The molecule has 2 aliphatic rings. The zero-order chi connectivity index (χ0) is 34.2. The number of benzene rings is 8. The molecule has 0 radical (unpaired) electrons. The molecular formula is C50H36O. The number of fused-ring (bicyclic) bond motifs is 14. The van der Waals surface area contributed by atoms with Crippen molar-refractivity contribution in [3.63, 3.8) is 0 Å². The molecule has 0 aliphatic heterocycles. The maximum atomic E-state index is 6.89. The summed E-state index contributed by atoms with van der Waals surface area (Å²) in [5.74, 6) is 0. The van der Waals surface area contributed by atoms with Crippen molar-refractivity contribution >= 4 is 43.5 Å². The van der Waals surface area contributed by atoms with E-state index in [0.717, 1.165) is 11.2 Å². The summed E-state index contributed by atoms with van der Waals surface area (Å²) in [4.78, 5) is 0. The SMILES string of the molecule is CC1(C)c2ccccc2-c2c1c1c(c3c2oc2ccccc23)-c2ccc(-c3c4ccccc4c(-c4ccccc4)c4ccccc34)cc2C1(C)C. The molecule has 51 heavy (non-hydrogen) atoms. The molecule has 9 aromatic rings. The summed E-state index contributed by atoms with van der Waals surface area (Å²) in [5, 5.41) is 7.56. The number of para-hydroxylation sites is 1. The molecule has 0 spiro atoms. The molecule has 1 nitrogen and oxygen atoms in total. The predicted octanol–water partition coefficient (Wildman–Crippen LogP) is 13.8. The largest absolute Gasteiger partial charge is 0.455 e. The van der Waals surface area contributed by atoms with Crippen molar-refractivity contribution in [3.05, 3.63) is 168 Å². The minimum Gasteiger partial charge on any atom is -0.455 e. The molecule has 0 N–H and O–H groups in total. The van der Waals surface area contributed by atoms with Gasteiger partial charge in [-0.1, -0.05) is 161 Å². The monoisotopic (exact) mass is 652 g/mol. The Labute approximate surface area is 297 Å². The van der Waals surface area contributed by atoms with E-state index < -0.39 is 0 Å². The maximum Gasteiger partial charge on any atom is 0.144 e. The first-order valence-electron chi connectivity index (χ1n) is 18.1. The standard InChI is InChI=1S/C50H36O/c1-49(2)38-24-14-12-22-35(38)45-47(49)46-43(44-37-23-13-15-25-40(37)51-48(44)45)36-27-26-30(28-39(36)50(46,3)4)42-33-20-10-8-18-31(33)41(29-16-6-5-7-17-29)32-19-9-11-21-34(32)42/h5-28H,1-4H3. The van der Waals surface area contributed by atoms with Crippen LogP contribution in [0.15, 0.2) is 150 Å². The minimum atomic E-state index is -0.244. The molecule has 11 rings (SSSR count).